The van der Waals surface area contributed by atoms with Gasteiger partial charge in [0.05, 0.1) is 17.6 Å². The van der Waals surface area contributed by atoms with Gasteiger partial charge < -0.3 is 16.0 Å². The summed E-state index contributed by atoms with van der Waals surface area (Å²) >= 11 is 0. The zero-order valence-corrected chi connectivity index (χ0v) is 15.3. The van der Waals surface area contributed by atoms with Crippen molar-refractivity contribution in [1.82, 2.24) is 15.2 Å². The van der Waals surface area contributed by atoms with Crippen LogP contribution in [0, 0.1) is 18.3 Å². The molecule has 2 amide bonds. The highest BCUT2D eigenvalue weighted by molar-refractivity contribution is 5.97. The number of amides is 2. The van der Waals surface area contributed by atoms with E-state index in [1.807, 2.05) is 0 Å². The minimum Gasteiger partial charge on any atom is -0.397 e. The third-order valence-electron chi connectivity index (χ3n) is 6.49. The fourth-order valence-corrected chi connectivity index (χ4v) is 4.38. The van der Waals surface area contributed by atoms with E-state index in [1.54, 1.807) is 17.9 Å². The van der Waals surface area contributed by atoms with Crippen LogP contribution in [-0.4, -0.2) is 53.2 Å². The van der Waals surface area contributed by atoms with E-state index in [4.69, 9.17) is 5.73 Å². The first-order valence-corrected chi connectivity index (χ1v) is 9.37. The number of rotatable bonds is 4. The Bertz CT molecular complexity index is 794. The second-order valence-corrected chi connectivity index (χ2v) is 8.20. The molecule has 0 radical (unpaired) electrons. The minimum atomic E-state index is -1.58. The van der Waals surface area contributed by atoms with Crippen LogP contribution in [0.1, 0.15) is 41.7 Å². The smallest absolute Gasteiger partial charge is 0.272 e. The number of halogens is 2. The summed E-state index contributed by atoms with van der Waals surface area (Å²) in [6.07, 6.45) is 1.88. The molecular formula is C19H24F2N4O2. The van der Waals surface area contributed by atoms with Crippen molar-refractivity contribution in [3.05, 3.63) is 23.5 Å². The normalized spacial score (nSPS) is 30.9. The van der Waals surface area contributed by atoms with Gasteiger partial charge in [0, 0.05) is 38.0 Å². The van der Waals surface area contributed by atoms with Crippen LogP contribution in [0.3, 0.4) is 0 Å². The highest BCUT2D eigenvalue weighted by atomic mass is 19.1. The molecule has 3 atom stereocenters. The molecular weight excluding hydrogens is 354 g/mol. The number of carbonyl (C=O) groups is 2. The summed E-state index contributed by atoms with van der Waals surface area (Å²) in [6, 6.07) is 1.70. The lowest BCUT2D eigenvalue weighted by Crippen LogP contribution is -2.53. The summed E-state index contributed by atoms with van der Waals surface area (Å²) in [4.78, 5) is 30.5. The van der Waals surface area contributed by atoms with Gasteiger partial charge in [0.2, 0.25) is 5.91 Å². The molecule has 0 bridgehead atoms. The molecule has 0 unspecified atom stereocenters. The third-order valence-corrected chi connectivity index (χ3v) is 6.49. The Labute approximate surface area is 156 Å². The summed E-state index contributed by atoms with van der Waals surface area (Å²) in [6.45, 7) is 2.21. The predicted molar refractivity (Wildman–Crippen MR) is 95.4 cm³/mol. The summed E-state index contributed by atoms with van der Waals surface area (Å²) < 4.78 is 28.4. The van der Waals surface area contributed by atoms with Gasteiger partial charge in [-0.25, -0.2) is 13.8 Å². The second kappa shape index (κ2) is 6.14. The molecule has 4 rings (SSSR count). The van der Waals surface area contributed by atoms with E-state index < -0.39 is 23.2 Å². The zero-order valence-electron chi connectivity index (χ0n) is 15.3. The largest absolute Gasteiger partial charge is 0.397 e. The molecule has 1 saturated heterocycles. The van der Waals surface area contributed by atoms with E-state index in [0.717, 1.165) is 5.56 Å². The van der Waals surface area contributed by atoms with Crippen LogP contribution in [0.15, 0.2) is 12.3 Å². The topological polar surface area (TPSA) is 88.3 Å². The number of anilines is 1. The maximum atomic E-state index is 15.1. The van der Waals surface area contributed by atoms with Crippen molar-refractivity contribution < 1.29 is 18.4 Å². The maximum Gasteiger partial charge on any atom is 0.272 e. The molecule has 2 aliphatic carbocycles. The molecule has 0 aromatic carbocycles. The molecule has 2 heterocycles. The molecule has 3 aliphatic rings. The van der Waals surface area contributed by atoms with Gasteiger partial charge in [-0.05, 0) is 31.4 Å². The van der Waals surface area contributed by atoms with Gasteiger partial charge in [-0.1, -0.05) is 0 Å². The van der Waals surface area contributed by atoms with E-state index in [9.17, 15) is 14.0 Å². The lowest BCUT2D eigenvalue weighted by atomic mass is 9.81. The lowest BCUT2D eigenvalue weighted by molar-refractivity contribution is -0.144. The molecule has 146 valence electrons. The van der Waals surface area contributed by atoms with Crippen molar-refractivity contribution in [3.63, 3.8) is 0 Å². The van der Waals surface area contributed by atoms with Gasteiger partial charge in [-0.3, -0.25) is 9.59 Å². The van der Waals surface area contributed by atoms with Crippen molar-refractivity contribution in [1.29, 1.82) is 0 Å². The number of nitrogens with two attached hydrogens (primary N) is 1. The van der Waals surface area contributed by atoms with Crippen LogP contribution in [-0.2, 0) is 4.79 Å². The number of hydrogen-bond acceptors (Lipinski definition) is 4. The summed E-state index contributed by atoms with van der Waals surface area (Å²) in [7, 11) is 0. The minimum absolute atomic E-state index is 0.0239. The van der Waals surface area contributed by atoms with Gasteiger partial charge in [-0.2, -0.15) is 0 Å². The number of hydrogen-bond donors (Lipinski definition) is 2. The summed E-state index contributed by atoms with van der Waals surface area (Å²) in [5.74, 6) is -0.646. The SMILES string of the molecule is Cc1ccnc(C(=O)NCC2(F)CCN(C(=O)[C@@]34C[C@@H](F)[C@@H]3C4)CC2)c1N. The van der Waals surface area contributed by atoms with Gasteiger partial charge >= 0.3 is 0 Å². The average Bonchev–Trinajstić information content (AvgIpc) is 3.28. The second-order valence-electron chi connectivity index (χ2n) is 8.20. The number of likely N-dealkylation sites (tertiary alicyclic amines) is 1. The molecule has 3 N–H and O–H groups in total. The Morgan fingerprint density at radius 2 is 2.07 bits per heavy atom. The Balaban J connectivity index is 1.30. The fourth-order valence-electron chi connectivity index (χ4n) is 4.38. The van der Waals surface area contributed by atoms with E-state index >= 15 is 4.39 Å². The van der Waals surface area contributed by atoms with Crippen LogP contribution in [0.25, 0.3) is 0 Å². The molecule has 2 saturated carbocycles. The molecule has 3 fully saturated rings. The van der Waals surface area contributed by atoms with Crippen LogP contribution in [0.5, 0.6) is 0 Å². The number of nitrogen functional groups attached to an aromatic ring is 1. The fraction of sp³-hybridized carbons (Fsp3) is 0.632. The molecule has 1 aromatic rings. The molecule has 8 heteroatoms. The third kappa shape index (κ3) is 2.95. The first kappa shape index (κ1) is 18.1. The summed E-state index contributed by atoms with van der Waals surface area (Å²) in [5, 5.41) is 2.58. The van der Waals surface area contributed by atoms with E-state index in [1.165, 1.54) is 6.20 Å². The number of aryl methyl sites for hydroxylation is 1. The van der Waals surface area contributed by atoms with E-state index in [-0.39, 0.29) is 42.6 Å². The van der Waals surface area contributed by atoms with Gasteiger partial charge in [-0.15, -0.1) is 0 Å². The van der Waals surface area contributed by atoms with Crippen LogP contribution >= 0.6 is 0 Å². The first-order chi connectivity index (χ1) is 12.8. The molecule has 6 nitrogen and oxygen atoms in total. The summed E-state index contributed by atoms with van der Waals surface area (Å²) in [5.41, 5.74) is 4.91. The molecule has 0 spiro atoms. The maximum absolute atomic E-state index is 15.1. The number of carbonyl (C=O) groups excluding carboxylic acids is 2. The van der Waals surface area contributed by atoms with Crippen molar-refractivity contribution in [3.8, 4) is 0 Å². The predicted octanol–water partition coefficient (Wildman–Crippen LogP) is 1.78. The number of piperidine rings is 1. The van der Waals surface area contributed by atoms with Crippen molar-refractivity contribution >= 4 is 17.5 Å². The average molecular weight is 378 g/mol. The van der Waals surface area contributed by atoms with Crippen LogP contribution in [0.4, 0.5) is 14.5 Å². The molecule has 27 heavy (non-hydrogen) atoms. The number of nitrogens with one attached hydrogen (secondary N) is 1. The van der Waals surface area contributed by atoms with Crippen LogP contribution in [0.2, 0.25) is 0 Å². The van der Waals surface area contributed by atoms with E-state index in [0.29, 0.717) is 25.9 Å². The zero-order chi connectivity index (χ0) is 19.4. The monoisotopic (exact) mass is 378 g/mol. The number of pyridine rings is 1. The highest BCUT2D eigenvalue weighted by Gasteiger charge is 2.73. The first-order valence-electron chi connectivity index (χ1n) is 9.37. The van der Waals surface area contributed by atoms with Crippen molar-refractivity contribution in [2.24, 2.45) is 11.3 Å². The molecule has 1 aliphatic heterocycles. The quantitative estimate of drug-likeness (QED) is 0.836. The standard InChI is InChI=1S/C19H24F2N4O2/c1-11-2-5-23-15(14(11)22)16(26)24-10-18(21)3-6-25(7-4-18)17(27)19-8-12(19)13(20)9-19/h2,5,12-13H,3-4,6-10,22H2,1H3,(H,24,26)/t12-,13+,19-/m0/s1. The lowest BCUT2D eigenvalue weighted by Gasteiger charge is -2.40. The number of aromatic nitrogens is 1. The molecule has 1 aromatic heterocycles. The van der Waals surface area contributed by atoms with Gasteiger partial charge in [0.1, 0.15) is 11.8 Å². The van der Waals surface area contributed by atoms with Gasteiger partial charge in [0.25, 0.3) is 5.91 Å². The number of nitrogens with zero attached hydrogens (tertiary/aromatic N) is 2. The number of fused-ring (bicyclic) bond motifs is 1. The van der Waals surface area contributed by atoms with Gasteiger partial charge in [0.15, 0.2) is 5.69 Å². The Hall–Kier alpha value is -2.25. The Morgan fingerprint density at radius 3 is 2.67 bits per heavy atom. The highest BCUT2D eigenvalue weighted by Crippen LogP contribution is 2.69. The van der Waals surface area contributed by atoms with E-state index in [2.05, 4.69) is 10.3 Å². The Morgan fingerprint density at radius 1 is 1.37 bits per heavy atom. The van der Waals surface area contributed by atoms with Crippen LogP contribution < -0.4 is 11.1 Å². The van der Waals surface area contributed by atoms with Crippen molar-refractivity contribution in [2.45, 2.75) is 44.4 Å². The van der Waals surface area contributed by atoms with Crippen molar-refractivity contribution in [2.75, 3.05) is 25.4 Å². The number of alkyl halides is 2. The Kier molecular flexibility index (Phi) is 4.12.